The Kier molecular flexibility index (Phi) is 6.46. The Hall–Kier alpha value is -1.97. The molecule has 0 unspecified atom stereocenters. The maximum absolute atomic E-state index is 12.5. The molecule has 3 rings (SSSR count). The van der Waals surface area contributed by atoms with Gasteiger partial charge in [-0.15, -0.1) is 0 Å². The summed E-state index contributed by atoms with van der Waals surface area (Å²) in [7, 11) is 1.54. The SMILES string of the molecule is COc1ccccc1/C=C1\SC(=O)N(CCC(=O)N[C@@H]2CSC[C@@H]2O)C1=O. The van der Waals surface area contributed by atoms with Crippen molar-refractivity contribution in [3.63, 3.8) is 0 Å². The summed E-state index contributed by atoms with van der Waals surface area (Å²) in [5, 5.41) is 12.1. The van der Waals surface area contributed by atoms with Crippen LogP contribution in [0.4, 0.5) is 4.79 Å². The second kappa shape index (κ2) is 8.81. The molecular weight excluding hydrogens is 388 g/mol. The van der Waals surface area contributed by atoms with Crippen LogP contribution in [-0.2, 0) is 9.59 Å². The van der Waals surface area contributed by atoms with Gasteiger partial charge in [0.15, 0.2) is 0 Å². The van der Waals surface area contributed by atoms with Crippen molar-refractivity contribution in [1.29, 1.82) is 0 Å². The first-order chi connectivity index (χ1) is 13.0. The highest BCUT2D eigenvalue weighted by atomic mass is 32.2. The number of para-hydroxylation sites is 1. The van der Waals surface area contributed by atoms with E-state index in [1.54, 1.807) is 30.0 Å². The number of rotatable bonds is 6. The molecule has 2 aliphatic rings. The van der Waals surface area contributed by atoms with Crippen LogP contribution in [0.1, 0.15) is 12.0 Å². The molecule has 2 saturated heterocycles. The minimum Gasteiger partial charge on any atom is -0.496 e. The molecule has 2 aliphatic heterocycles. The number of imide groups is 1. The third kappa shape index (κ3) is 4.66. The van der Waals surface area contributed by atoms with Crippen LogP contribution in [0.2, 0.25) is 0 Å². The first-order valence-corrected chi connectivity index (χ1v) is 10.4. The monoisotopic (exact) mass is 408 g/mol. The van der Waals surface area contributed by atoms with Crippen molar-refractivity contribution < 1.29 is 24.2 Å². The minimum atomic E-state index is -0.556. The van der Waals surface area contributed by atoms with E-state index in [-0.39, 0.29) is 24.9 Å². The number of benzene rings is 1. The fraction of sp³-hybridized carbons (Fsp3) is 0.389. The molecule has 2 heterocycles. The Bertz CT molecular complexity index is 783. The van der Waals surface area contributed by atoms with E-state index in [1.165, 1.54) is 7.11 Å². The number of thioether (sulfide) groups is 2. The zero-order valence-corrected chi connectivity index (χ0v) is 16.3. The van der Waals surface area contributed by atoms with Crippen LogP contribution in [0.15, 0.2) is 29.2 Å². The van der Waals surface area contributed by atoms with Crippen molar-refractivity contribution in [3.8, 4) is 5.75 Å². The van der Waals surface area contributed by atoms with Crippen LogP contribution >= 0.6 is 23.5 Å². The summed E-state index contributed by atoms with van der Waals surface area (Å²) in [5.41, 5.74) is 0.705. The van der Waals surface area contributed by atoms with Crippen molar-refractivity contribution in [3.05, 3.63) is 34.7 Å². The number of nitrogens with one attached hydrogen (secondary N) is 1. The van der Waals surface area contributed by atoms with Crippen LogP contribution in [0.5, 0.6) is 5.75 Å². The van der Waals surface area contributed by atoms with E-state index in [0.717, 1.165) is 16.7 Å². The Balaban J connectivity index is 1.61. The average molecular weight is 409 g/mol. The van der Waals surface area contributed by atoms with E-state index in [2.05, 4.69) is 5.32 Å². The summed E-state index contributed by atoms with van der Waals surface area (Å²) in [5.74, 6) is 1.17. The van der Waals surface area contributed by atoms with Crippen LogP contribution < -0.4 is 10.1 Å². The number of hydrogen-bond donors (Lipinski definition) is 2. The van der Waals surface area contributed by atoms with Crippen molar-refractivity contribution in [2.24, 2.45) is 0 Å². The van der Waals surface area contributed by atoms with Gasteiger partial charge in [-0.25, -0.2) is 0 Å². The first kappa shape index (κ1) is 19.8. The van der Waals surface area contributed by atoms with Crippen molar-refractivity contribution >= 4 is 46.7 Å². The molecule has 1 aromatic rings. The number of carbonyl (C=O) groups is 3. The lowest BCUT2D eigenvalue weighted by Crippen LogP contribution is -2.43. The average Bonchev–Trinajstić information content (AvgIpc) is 3.17. The fourth-order valence-corrected chi connectivity index (χ4v) is 4.82. The van der Waals surface area contributed by atoms with Crippen molar-refractivity contribution in [2.45, 2.75) is 18.6 Å². The lowest BCUT2D eigenvalue weighted by Gasteiger charge is -2.17. The molecule has 144 valence electrons. The predicted molar refractivity (Wildman–Crippen MR) is 106 cm³/mol. The van der Waals surface area contributed by atoms with Gasteiger partial charge < -0.3 is 15.2 Å². The smallest absolute Gasteiger partial charge is 0.293 e. The molecule has 2 N–H and O–H groups in total. The van der Waals surface area contributed by atoms with E-state index in [0.29, 0.717) is 27.7 Å². The molecule has 3 amide bonds. The number of nitrogens with zero attached hydrogens (tertiary/aromatic N) is 1. The molecule has 27 heavy (non-hydrogen) atoms. The molecule has 2 fully saturated rings. The van der Waals surface area contributed by atoms with E-state index in [1.807, 2.05) is 12.1 Å². The molecule has 0 aromatic heterocycles. The van der Waals surface area contributed by atoms with Crippen LogP contribution in [0, 0.1) is 0 Å². The molecule has 0 bridgehead atoms. The number of ether oxygens (including phenoxy) is 1. The third-order valence-electron chi connectivity index (χ3n) is 4.26. The topological polar surface area (TPSA) is 95.9 Å². The summed E-state index contributed by atoms with van der Waals surface area (Å²) in [6.45, 7) is 0.00965. The number of amides is 3. The molecule has 1 aromatic carbocycles. The van der Waals surface area contributed by atoms with Gasteiger partial charge in [0, 0.05) is 30.0 Å². The van der Waals surface area contributed by atoms with Gasteiger partial charge in [0.2, 0.25) is 5.91 Å². The quantitative estimate of drug-likeness (QED) is 0.692. The predicted octanol–water partition coefficient (Wildman–Crippen LogP) is 1.71. The molecule has 9 heteroatoms. The highest BCUT2D eigenvalue weighted by Crippen LogP contribution is 2.34. The lowest BCUT2D eigenvalue weighted by atomic mass is 10.2. The van der Waals surface area contributed by atoms with Gasteiger partial charge >= 0.3 is 0 Å². The largest absolute Gasteiger partial charge is 0.496 e. The normalized spacial score (nSPS) is 23.9. The van der Waals surface area contributed by atoms with Gasteiger partial charge in [0.05, 0.1) is 24.2 Å². The lowest BCUT2D eigenvalue weighted by molar-refractivity contribution is -0.124. The number of aliphatic hydroxyl groups excluding tert-OH is 1. The Morgan fingerprint density at radius 1 is 1.37 bits per heavy atom. The molecule has 0 spiro atoms. The molecule has 2 atom stereocenters. The summed E-state index contributed by atoms with van der Waals surface area (Å²) in [6.07, 6.45) is 1.07. The number of hydrogen-bond acceptors (Lipinski definition) is 7. The van der Waals surface area contributed by atoms with E-state index >= 15 is 0 Å². The highest BCUT2D eigenvalue weighted by Gasteiger charge is 2.35. The molecule has 0 radical (unpaired) electrons. The third-order valence-corrected chi connectivity index (χ3v) is 6.34. The van der Waals surface area contributed by atoms with Crippen LogP contribution in [0.3, 0.4) is 0 Å². The summed E-state index contributed by atoms with van der Waals surface area (Å²) >= 11 is 2.42. The van der Waals surface area contributed by atoms with Gasteiger partial charge in [-0.2, -0.15) is 11.8 Å². The van der Waals surface area contributed by atoms with Gasteiger partial charge in [-0.05, 0) is 23.9 Å². The van der Waals surface area contributed by atoms with E-state index < -0.39 is 17.3 Å². The van der Waals surface area contributed by atoms with Gasteiger partial charge in [-0.1, -0.05) is 18.2 Å². The zero-order valence-electron chi connectivity index (χ0n) is 14.7. The zero-order chi connectivity index (χ0) is 19.4. The Labute approximate surface area is 165 Å². The number of aliphatic hydroxyl groups is 1. The maximum Gasteiger partial charge on any atom is 0.293 e. The summed E-state index contributed by atoms with van der Waals surface area (Å²) in [4.78, 5) is 38.1. The van der Waals surface area contributed by atoms with Crippen molar-refractivity contribution in [2.75, 3.05) is 25.2 Å². The maximum atomic E-state index is 12.5. The number of carbonyl (C=O) groups excluding carboxylic acids is 3. The summed E-state index contributed by atoms with van der Waals surface area (Å²) in [6, 6.07) is 6.93. The van der Waals surface area contributed by atoms with E-state index in [4.69, 9.17) is 4.74 Å². The molecular formula is C18H20N2O5S2. The van der Waals surface area contributed by atoms with Gasteiger partial charge in [0.25, 0.3) is 11.1 Å². The van der Waals surface area contributed by atoms with Gasteiger partial charge in [-0.3, -0.25) is 19.3 Å². The van der Waals surface area contributed by atoms with Crippen LogP contribution in [0.25, 0.3) is 6.08 Å². The number of methoxy groups -OCH3 is 1. The van der Waals surface area contributed by atoms with E-state index in [9.17, 15) is 19.5 Å². The molecule has 7 nitrogen and oxygen atoms in total. The Morgan fingerprint density at radius 3 is 2.85 bits per heavy atom. The molecule has 0 saturated carbocycles. The Morgan fingerprint density at radius 2 is 2.15 bits per heavy atom. The second-order valence-corrected chi connectivity index (χ2v) is 8.17. The molecule has 0 aliphatic carbocycles. The van der Waals surface area contributed by atoms with Gasteiger partial charge in [0.1, 0.15) is 5.75 Å². The first-order valence-electron chi connectivity index (χ1n) is 8.43. The standard InChI is InChI=1S/C18H20N2O5S2/c1-25-14-5-3-2-4-11(14)8-15-17(23)20(18(24)27-15)7-6-16(22)19-12-9-26-10-13(12)21/h2-5,8,12-13,21H,6-7,9-10H2,1H3,(H,19,22)/b15-8-/t12-,13+/m1/s1. The van der Waals surface area contributed by atoms with Crippen LogP contribution in [-0.4, -0.2) is 64.4 Å². The minimum absolute atomic E-state index is 0.00780. The summed E-state index contributed by atoms with van der Waals surface area (Å²) < 4.78 is 5.26. The van der Waals surface area contributed by atoms with Crippen molar-refractivity contribution in [1.82, 2.24) is 10.2 Å². The highest BCUT2D eigenvalue weighted by molar-refractivity contribution is 8.18. The fourth-order valence-electron chi connectivity index (χ4n) is 2.79. The second-order valence-electron chi connectivity index (χ2n) is 6.10.